The van der Waals surface area contributed by atoms with E-state index in [-0.39, 0.29) is 23.6 Å². The zero-order chi connectivity index (χ0) is 21.6. The molecule has 6 nitrogen and oxygen atoms in total. The molecule has 0 radical (unpaired) electrons. The molecular weight excluding hydrogens is 406 g/mol. The van der Waals surface area contributed by atoms with Gasteiger partial charge in [-0.1, -0.05) is 24.3 Å². The first kappa shape index (κ1) is 20.9. The lowest BCUT2D eigenvalue weighted by Crippen LogP contribution is -2.23. The highest BCUT2D eigenvalue weighted by atomic mass is 19.3. The molecule has 1 aromatic heterocycles. The number of para-hydroxylation sites is 1. The summed E-state index contributed by atoms with van der Waals surface area (Å²) < 4.78 is 41.8. The Morgan fingerprint density at radius 1 is 1.06 bits per heavy atom. The molecule has 1 fully saturated rings. The van der Waals surface area contributed by atoms with E-state index in [1.54, 1.807) is 30.5 Å². The molecule has 1 saturated heterocycles. The number of ether oxygens (including phenoxy) is 3. The highest BCUT2D eigenvalue weighted by molar-refractivity contribution is 5.66. The van der Waals surface area contributed by atoms with Crippen LogP contribution >= 0.6 is 0 Å². The second-order valence-corrected chi connectivity index (χ2v) is 7.02. The molecule has 1 aliphatic rings. The first-order valence-electron chi connectivity index (χ1n) is 9.96. The van der Waals surface area contributed by atoms with Crippen molar-refractivity contribution in [1.29, 1.82) is 0 Å². The minimum Gasteiger partial charge on any atom is -0.461 e. The Kier molecular flexibility index (Phi) is 6.47. The highest BCUT2D eigenvalue weighted by Crippen LogP contribution is 2.37. The van der Waals surface area contributed by atoms with E-state index in [1.807, 2.05) is 35.2 Å². The van der Waals surface area contributed by atoms with E-state index in [4.69, 9.17) is 9.47 Å². The molecule has 0 amide bonds. The topological polar surface area (TPSA) is 63.8 Å². The molecular formula is C23H22F2N2O4. The molecule has 31 heavy (non-hydrogen) atoms. The SMILES string of the molecule is O=c1[nH]cccc1CN(c1ccccc1)c1ccc(OC(F)F)c(O[C@@H]2CCCO2)c1. The van der Waals surface area contributed by atoms with Gasteiger partial charge < -0.3 is 24.1 Å². The minimum atomic E-state index is -2.98. The molecule has 1 atom stereocenters. The van der Waals surface area contributed by atoms with Crippen LogP contribution in [0.1, 0.15) is 18.4 Å². The lowest BCUT2D eigenvalue weighted by atomic mass is 10.1. The van der Waals surface area contributed by atoms with Crippen LogP contribution in [0.25, 0.3) is 0 Å². The number of benzene rings is 2. The van der Waals surface area contributed by atoms with Gasteiger partial charge in [-0.25, -0.2) is 0 Å². The summed E-state index contributed by atoms with van der Waals surface area (Å²) >= 11 is 0. The van der Waals surface area contributed by atoms with Crippen LogP contribution < -0.4 is 19.9 Å². The van der Waals surface area contributed by atoms with Crippen molar-refractivity contribution in [2.45, 2.75) is 32.3 Å². The van der Waals surface area contributed by atoms with Gasteiger partial charge in [-0.05, 0) is 36.8 Å². The summed E-state index contributed by atoms with van der Waals surface area (Å²) in [7, 11) is 0. The van der Waals surface area contributed by atoms with E-state index in [1.165, 1.54) is 6.07 Å². The summed E-state index contributed by atoms with van der Waals surface area (Å²) in [6, 6.07) is 17.7. The number of anilines is 2. The third-order valence-electron chi connectivity index (χ3n) is 4.90. The largest absolute Gasteiger partial charge is 0.461 e. The molecule has 0 spiro atoms. The molecule has 0 bridgehead atoms. The summed E-state index contributed by atoms with van der Waals surface area (Å²) in [6.45, 7) is -2.15. The maximum absolute atomic E-state index is 12.9. The van der Waals surface area contributed by atoms with Crippen molar-refractivity contribution in [2.24, 2.45) is 0 Å². The Hall–Kier alpha value is -3.39. The van der Waals surface area contributed by atoms with Gasteiger partial charge in [0, 0.05) is 35.6 Å². The van der Waals surface area contributed by atoms with Crippen LogP contribution in [0.5, 0.6) is 11.5 Å². The Labute approximate surface area is 178 Å². The van der Waals surface area contributed by atoms with Crippen LogP contribution in [0.3, 0.4) is 0 Å². The summed E-state index contributed by atoms with van der Waals surface area (Å²) in [5.41, 5.74) is 1.85. The highest BCUT2D eigenvalue weighted by Gasteiger charge is 2.22. The Morgan fingerprint density at radius 3 is 2.61 bits per heavy atom. The predicted molar refractivity (Wildman–Crippen MR) is 112 cm³/mol. The van der Waals surface area contributed by atoms with E-state index in [0.717, 1.165) is 12.1 Å². The first-order valence-corrected chi connectivity index (χ1v) is 9.96. The number of aromatic amines is 1. The summed E-state index contributed by atoms with van der Waals surface area (Å²) in [5.74, 6) is 0.0902. The van der Waals surface area contributed by atoms with E-state index in [0.29, 0.717) is 24.3 Å². The quantitative estimate of drug-likeness (QED) is 0.557. The monoisotopic (exact) mass is 428 g/mol. The number of hydrogen-bond acceptors (Lipinski definition) is 5. The van der Waals surface area contributed by atoms with E-state index in [9.17, 15) is 13.6 Å². The van der Waals surface area contributed by atoms with Gasteiger partial charge in [-0.3, -0.25) is 4.79 Å². The molecule has 162 valence electrons. The van der Waals surface area contributed by atoms with Gasteiger partial charge in [0.1, 0.15) is 0 Å². The van der Waals surface area contributed by atoms with Crippen LogP contribution in [-0.2, 0) is 11.3 Å². The second-order valence-electron chi connectivity index (χ2n) is 7.02. The fourth-order valence-corrected chi connectivity index (χ4v) is 3.42. The fourth-order valence-electron chi connectivity index (χ4n) is 3.42. The number of alkyl halides is 2. The Morgan fingerprint density at radius 2 is 1.90 bits per heavy atom. The van der Waals surface area contributed by atoms with Crippen molar-refractivity contribution in [3.8, 4) is 11.5 Å². The van der Waals surface area contributed by atoms with Crippen molar-refractivity contribution in [3.05, 3.63) is 82.8 Å². The Bertz CT molecular complexity index is 1050. The molecule has 0 aliphatic carbocycles. The lowest BCUT2D eigenvalue weighted by Gasteiger charge is -2.26. The first-order chi connectivity index (χ1) is 15.1. The fraction of sp³-hybridized carbons (Fsp3) is 0.261. The normalized spacial score (nSPS) is 15.8. The summed E-state index contributed by atoms with van der Waals surface area (Å²) in [4.78, 5) is 16.8. The molecule has 8 heteroatoms. The second kappa shape index (κ2) is 9.61. The molecule has 0 unspecified atom stereocenters. The number of nitrogens with zero attached hydrogens (tertiary/aromatic N) is 1. The van der Waals surface area contributed by atoms with E-state index >= 15 is 0 Å². The molecule has 0 saturated carbocycles. The molecule has 2 aromatic carbocycles. The minimum absolute atomic E-state index is 0.0696. The van der Waals surface area contributed by atoms with Gasteiger partial charge in [0.05, 0.1) is 13.2 Å². The Balaban J connectivity index is 1.72. The maximum Gasteiger partial charge on any atom is 0.387 e. The number of nitrogens with one attached hydrogen (secondary N) is 1. The van der Waals surface area contributed by atoms with Crippen molar-refractivity contribution < 1.29 is 23.0 Å². The van der Waals surface area contributed by atoms with E-state index in [2.05, 4.69) is 9.72 Å². The zero-order valence-corrected chi connectivity index (χ0v) is 16.7. The maximum atomic E-state index is 12.9. The van der Waals surface area contributed by atoms with Gasteiger partial charge in [-0.2, -0.15) is 8.78 Å². The molecule has 1 N–H and O–H groups in total. The van der Waals surface area contributed by atoms with Crippen molar-refractivity contribution in [1.82, 2.24) is 4.98 Å². The summed E-state index contributed by atoms with van der Waals surface area (Å²) in [5, 5.41) is 0. The number of halogens is 2. The van der Waals surface area contributed by atoms with Gasteiger partial charge in [-0.15, -0.1) is 0 Å². The van der Waals surface area contributed by atoms with Crippen LogP contribution in [-0.4, -0.2) is 24.5 Å². The summed E-state index contributed by atoms with van der Waals surface area (Å²) in [6.07, 6.45) is 2.56. The third-order valence-corrected chi connectivity index (χ3v) is 4.90. The predicted octanol–water partition coefficient (Wildman–Crippen LogP) is 4.83. The smallest absolute Gasteiger partial charge is 0.387 e. The number of hydrogen-bond donors (Lipinski definition) is 1. The van der Waals surface area contributed by atoms with Crippen LogP contribution in [0.4, 0.5) is 20.2 Å². The number of pyridine rings is 1. The van der Waals surface area contributed by atoms with Crippen molar-refractivity contribution in [2.75, 3.05) is 11.5 Å². The van der Waals surface area contributed by atoms with Crippen molar-refractivity contribution >= 4 is 11.4 Å². The molecule has 1 aliphatic heterocycles. The van der Waals surface area contributed by atoms with Gasteiger partial charge >= 0.3 is 6.61 Å². The molecule has 2 heterocycles. The van der Waals surface area contributed by atoms with Gasteiger partial charge in [0.15, 0.2) is 17.8 Å². The standard InChI is InChI=1S/C23H22F2N2O4/c24-23(25)31-19-11-10-18(14-20(19)30-21-9-5-13-29-21)27(17-7-2-1-3-8-17)15-16-6-4-12-26-22(16)28/h1-4,6-8,10-12,14,21,23H,5,9,13,15H2,(H,26,28)/t21-/m1/s1. The number of aromatic nitrogens is 1. The third kappa shape index (κ3) is 5.21. The van der Waals surface area contributed by atoms with Gasteiger partial charge in [0.2, 0.25) is 0 Å². The van der Waals surface area contributed by atoms with Crippen LogP contribution in [0.15, 0.2) is 71.7 Å². The van der Waals surface area contributed by atoms with Crippen LogP contribution in [0, 0.1) is 0 Å². The number of rotatable bonds is 8. The van der Waals surface area contributed by atoms with Gasteiger partial charge in [0.25, 0.3) is 5.56 Å². The average Bonchev–Trinajstić information content (AvgIpc) is 3.28. The van der Waals surface area contributed by atoms with Crippen molar-refractivity contribution in [3.63, 3.8) is 0 Å². The molecule has 4 rings (SSSR count). The zero-order valence-electron chi connectivity index (χ0n) is 16.7. The lowest BCUT2D eigenvalue weighted by molar-refractivity contribution is -0.0632. The van der Waals surface area contributed by atoms with Crippen LogP contribution in [0.2, 0.25) is 0 Å². The molecule has 3 aromatic rings. The van der Waals surface area contributed by atoms with E-state index < -0.39 is 12.9 Å². The average molecular weight is 428 g/mol. The number of H-pyrrole nitrogens is 1.